The Bertz CT molecular complexity index is 675. The average Bonchev–Trinajstić information content (AvgIpc) is 3.07. The van der Waals surface area contributed by atoms with Gasteiger partial charge < -0.3 is 10.7 Å². The van der Waals surface area contributed by atoms with E-state index in [0.717, 1.165) is 25.7 Å². The zero-order valence-electron chi connectivity index (χ0n) is 10.0. The van der Waals surface area contributed by atoms with Crippen LogP contribution in [0.4, 0.5) is 0 Å². The van der Waals surface area contributed by atoms with Crippen molar-refractivity contribution in [3.8, 4) is 10.6 Å². The Hall–Kier alpha value is -1.43. The lowest BCUT2D eigenvalue weighted by molar-refractivity contribution is 0.801. The van der Waals surface area contributed by atoms with Gasteiger partial charge in [0.25, 0.3) is 0 Å². The van der Waals surface area contributed by atoms with Crippen LogP contribution < -0.4 is 5.73 Å². The number of hydrogen-bond acceptors (Lipinski definition) is 3. The molecular formula is C14H12BrN3S. The van der Waals surface area contributed by atoms with E-state index in [1.165, 1.54) is 0 Å². The largest absolute Gasteiger partial charge is 0.340 e. The molecule has 0 saturated carbocycles. The minimum absolute atomic E-state index is 0.224. The highest BCUT2D eigenvalue weighted by molar-refractivity contribution is 9.11. The Balaban J connectivity index is 1.89. The summed E-state index contributed by atoms with van der Waals surface area (Å²) in [7, 11) is 0. The van der Waals surface area contributed by atoms with Crippen LogP contribution in [0.5, 0.6) is 0 Å². The number of nitrogens with two attached hydrogens (primary N) is 1. The molecule has 0 saturated heterocycles. The maximum absolute atomic E-state index is 6.21. The van der Waals surface area contributed by atoms with Gasteiger partial charge in [0, 0.05) is 0 Å². The van der Waals surface area contributed by atoms with Crippen LogP contribution in [0, 0.1) is 0 Å². The standard InChI is InChI=1S/C14H12BrN3S/c15-12-7-6-11(19-12)10-8-17-14(18-10)13(16)9-4-2-1-3-5-9/h1-8,13H,16H2,(H,17,18). The molecule has 3 rings (SSSR count). The van der Waals surface area contributed by atoms with Crippen LogP contribution in [-0.4, -0.2) is 9.97 Å². The molecule has 0 amide bonds. The van der Waals surface area contributed by atoms with Crippen molar-refractivity contribution in [1.29, 1.82) is 0 Å². The van der Waals surface area contributed by atoms with Gasteiger partial charge in [-0.25, -0.2) is 4.98 Å². The van der Waals surface area contributed by atoms with Gasteiger partial charge in [-0.15, -0.1) is 11.3 Å². The third-order valence-corrected chi connectivity index (χ3v) is 4.54. The number of thiophene rings is 1. The molecule has 0 bridgehead atoms. The Morgan fingerprint density at radius 1 is 1.16 bits per heavy atom. The fraction of sp³-hybridized carbons (Fsp3) is 0.0714. The van der Waals surface area contributed by atoms with Crippen molar-refractivity contribution in [2.75, 3.05) is 0 Å². The van der Waals surface area contributed by atoms with Crippen LogP contribution in [0.25, 0.3) is 10.6 Å². The Morgan fingerprint density at radius 2 is 1.95 bits per heavy atom. The highest BCUT2D eigenvalue weighted by Crippen LogP contribution is 2.30. The summed E-state index contributed by atoms with van der Waals surface area (Å²) in [5.41, 5.74) is 8.26. The number of H-pyrrole nitrogens is 1. The topological polar surface area (TPSA) is 54.7 Å². The maximum atomic E-state index is 6.21. The molecule has 0 radical (unpaired) electrons. The van der Waals surface area contributed by atoms with Crippen LogP contribution in [0.3, 0.4) is 0 Å². The molecule has 3 nitrogen and oxygen atoms in total. The van der Waals surface area contributed by atoms with Gasteiger partial charge in [0.1, 0.15) is 5.82 Å². The second-order valence-corrected chi connectivity index (χ2v) is 6.64. The third kappa shape index (κ3) is 2.63. The summed E-state index contributed by atoms with van der Waals surface area (Å²) in [5, 5.41) is 0. The van der Waals surface area contributed by atoms with Gasteiger partial charge in [-0.1, -0.05) is 30.3 Å². The van der Waals surface area contributed by atoms with E-state index in [2.05, 4.69) is 32.0 Å². The van der Waals surface area contributed by atoms with Gasteiger partial charge >= 0.3 is 0 Å². The summed E-state index contributed by atoms with van der Waals surface area (Å²) in [5.74, 6) is 0.783. The SMILES string of the molecule is NC(c1ccccc1)c1ncc(-c2ccc(Br)s2)[nH]1. The van der Waals surface area contributed by atoms with E-state index >= 15 is 0 Å². The number of imidazole rings is 1. The number of aromatic amines is 1. The number of nitrogens with zero attached hydrogens (tertiary/aromatic N) is 1. The number of benzene rings is 1. The van der Waals surface area contributed by atoms with E-state index in [0.29, 0.717) is 0 Å². The first kappa shape index (κ1) is 12.6. The van der Waals surface area contributed by atoms with E-state index in [4.69, 9.17) is 5.73 Å². The summed E-state index contributed by atoms with van der Waals surface area (Å²) in [6.45, 7) is 0. The molecule has 0 aliphatic rings. The van der Waals surface area contributed by atoms with Crippen LogP contribution >= 0.6 is 27.3 Å². The minimum atomic E-state index is -0.224. The normalized spacial score (nSPS) is 12.5. The van der Waals surface area contributed by atoms with E-state index in [1.54, 1.807) is 11.3 Å². The maximum Gasteiger partial charge on any atom is 0.128 e. The molecule has 1 atom stereocenters. The molecule has 19 heavy (non-hydrogen) atoms. The van der Waals surface area contributed by atoms with Crippen molar-refractivity contribution in [1.82, 2.24) is 9.97 Å². The fourth-order valence-electron chi connectivity index (χ4n) is 1.90. The molecule has 96 valence electrons. The molecule has 1 aromatic carbocycles. The summed E-state index contributed by atoms with van der Waals surface area (Å²) >= 11 is 5.13. The summed E-state index contributed by atoms with van der Waals surface area (Å²) < 4.78 is 1.10. The number of hydrogen-bond donors (Lipinski definition) is 2. The van der Waals surface area contributed by atoms with Crippen molar-refractivity contribution in [3.05, 3.63) is 63.8 Å². The number of halogens is 1. The van der Waals surface area contributed by atoms with E-state index in [1.807, 2.05) is 42.6 Å². The van der Waals surface area contributed by atoms with Crippen LogP contribution in [0.1, 0.15) is 17.4 Å². The Labute approximate surface area is 123 Å². The van der Waals surface area contributed by atoms with Gasteiger partial charge in [-0.2, -0.15) is 0 Å². The van der Waals surface area contributed by atoms with Crippen molar-refractivity contribution >= 4 is 27.3 Å². The zero-order valence-corrected chi connectivity index (χ0v) is 12.4. The van der Waals surface area contributed by atoms with Crippen LogP contribution in [-0.2, 0) is 0 Å². The molecule has 3 aromatic rings. The Morgan fingerprint density at radius 3 is 2.63 bits per heavy atom. The van der Waals surface area contributed by atoms with Gasteiger partial charge in [0.05, 0.1) is 26.6 Å². The fourth-order valence-corrected chi connectivity index (χ4v) is 3.25. The first-order valence-electron chi connectivity index (χ1n) is 5.85. The smallest absolute Gasteiger partial charge is 0.128 e. The van der Waals surface area contributed by atoms with E-state index in [-0.39, 0.29) is 6.04 Å². The van der Waals surface area contributed by atoms with Gasteiger partial charge in [0.15, 0.2) is 0 Å². The molecule has 3 N–H and O–H groups in total. The lowest BCUT2D eigenvalue weighted by atomic mass is 10.1. The summed E-state index contributed by atoms with van der Waals surface area (Å²) in [6.07, 6.45) is 1.83. The average molecular weight is 334 g/mol. The van der Waals surface area contributed by atoms with Crippen LogP contribution in [0.2, 0.25) is 0 Å². The van der Waals surface area contributed by atoms with Crippen molar-refractivity contribution in [2.45, 2.75) is 6.04 Å². The molecule has 5 heteroatoms. The quantitative estimate of drug-likeness (QED) is 0.762. The first-order valence-corrected chi connectivity index (χ1v) is 7.46. The van der Waals surface area contributed by atoms with Gasteiger partial charge in [-0.3, -0.25) is 0 Å². The highest BCUT2D eigenvalue weighted by Gasteiger charge is 2.13. The monoisotopic (exact) mass is 333 g/mol. The zero-order chi connectivity index (χ0) is 13.2. The first-order chi connectivity index (χ1) is 9.24. The second kappa shape index (κ2) is 5.28. The highest BCUT2D eigenvalue weighted by atomic mass is 79.9. The molecule has 2 heterocycles. The predicted octanol–water partition coefficient (Wildman–Crippen LogP) is 3.95. The minimum Gasteiger partial charge on any atom is -0.340 e. The lowest BCUT2D eigenvalue weighted by Crippen LogP contribution is -2.13. The van der Waals surface area contributed by atoms with Crippen LogP contribution in [0.15, 0.2) is 52.4 Å². The third-order valence-electron chi connectivity index (χ3n) is 2.89. The molecule has 2 aromatic heterocycles. The molecule has 0 aliphatic carbocycles. The summed E-state index contributed by atoms with van der Waals surface area (Å²) in [6, 6.07) is 13.8. The molecule has 0 fully saturated rings. The predicted molar refractivity (Wildman–Crippen MR) is 82.1 cm³/mol. The lowest BCUT2D eigenvalue weighted by Gasteiger charge is -2.08. The number of nitrogens with one attached hydrogen (secondary N) is 1. The van der Waals surface area contributed by atoms with E-state index < -0.39 is 0 Å². The van der Waals surface area contributed by atoms with Gasteiger partial charge in [-0.05, 0) is 33.6 Å². The van der Waals surface area contributed by atoms with Crippen molar-refractivity contribution in [3.63, 3.8) is 0 Å². The molecular weight excluding hydrogens is 322 g/mol. The van der Waals surface area contributed by atoms with Crippen molar-refractivity contribution in [2.24, 2.45) is 5.73 Å². The molecule has 0 aliphatic heterocycles. The second-order valence-electron chi connectivity index (χ2n) is 4.17. The number of rotatable bonds is 3. The number of aromatic nitrogens is 2. The summed E-state index contributed by atoms with van der Waals surface area (Å²) in [4.78, 5) is 8.83. The van der Waals surface area contributed by atoms with Crippen molar-refractivity contribution < 1.29 is 0 Å². The Kier molecular flexibility index (Phi) is 3.50. The molecule has 1 unspecified atom stereocenters. The van der Waals surface area contributed by atoms with Gasteiger partial charge in [0.2, 0.25) is 0 Å². The van der Waals surface area contributed by atoms with E-state index in [9.17, 15) is 0 Å². The molecule has 0 spiro atoms.